The smallest absolute Gasteiger partial charge is 0.221 e. The predicted octanol–water partition coefficient (Wildman–Crippen LogP) is 2.46. The average molecular weight is 220 g/mol. The van der Waals surface area contributed by atoms with Crippen LogP contribution in [0, 0.1) is 11.3 Å². The Morgan fingerprint density at radius 3 is 2.87 bits per heavy atom. The zero-order valence-corrected chi connectivity index (χ0v) is 9.41. The molecule has 1 aromatic rings. The molecule has 1 heterocycles. The van der Waals surface area contributed by atoms with Crippen molar-refractivity contribution in [1.29, 1.82) is 5.26 Å². The molecule has 78 valence electrons. The molecule has 0 bridgehead atoms. The van der Waals surface area contributed by atoms with E-state index in [-0.39, 0.29) is 5.91 Å². The summed E-state index contributed by atoms with van der Waals surface area (Å²) in [5.74, 6) is -0.0994. The molecule has 0 spiro atoms. The highest BCUT2D eigenvalue weighted by molar-refractivity contribution is 7.13. The molecular formula is C11H12N2OS. The van der Waals surface area contributed by atoms with E-state index in [2.05, 4.69) is 11.4 Å². The summed E-state index contributed by atoms with van der Waals surface area (Å²) < 4.78 is 0. The molecule has 3 nitrogen and oxygen atoms in total. The molecule has 0 saturated carbocycles. The largest absolute Gasteiger partial charge is 0.324 e. The van der Waals surface area contributed by atoms with Gasteiger partial charge in [-0.2, -0.15) is 5.26 Å². The van der Waals surface area contributed by atoms with Gasteiger partial charge in [0.1, 0.15) is 10.9 Å². The number of hydrogen-bond acceptors (Lipinski definition) is 3. The number of rotatable bonds is 1. The van der Waals surface area contributed by atoms with Crippen LogP contribution in [0.3, 0.4) is 0 Å². The molecule has 1 amide bonds. The van der Waals surface area contributed by atoms with Crippen LogP contribution >= 0.6 is 11.3 Å². The molecule has 4 heteroatoms. The third kappa shape index (κ3) is 1.88. The molecule has 15 heavy (non-hydrogen) atoms. The van der Waals surface area contributed by atoms with Crippen molar-refractivity contribution in [2.75, 3.05) is 5.32 Å². The van der Waals surface area contributed by atoms with Crippen LogP contribution in [0.1, 0.15) is 35.1 Å². The summed E-state index contributed by atoms with van der Waals surface area (Å²) in [7, 11) is 0. The highest BCUT2D eigenvalue weighted by Crippen LogP contribution is 2.37. The minimum Gasteiger partial charge on any atom is -0.324 e. The Bertz CT molecular complexity index is 442. The number of carbonyl (C=O) groups is 1. The van der Waals surface area contributed by atoms with Crippen LogP contribution in [0.4, 0.5) is 5.69 Å². The van der Waals surface area contributed by atoms with Gasteiger partial charge in [0.05, 0.1) is 5.69 Å². The standard InChI is InChI=1S/C11H12N2OS/c1-7(14)13-11-8-4-2-3-5-9(8)15-10(11)6-12/h2-5H2,1H3,(H,13,14). The van der Waals surface area contributed by atoms with Gasteiger partial charge < -0.3 is 5.32 Å². The van der Waals surface area contributed by atoms with Crippen LogP contribution in [0.25, 0.3) is 0 Å². The van der Waals surface area contributed by atoms with Gasteiger partial charge >= 0.3 is 0 Å². The van der Waals surface area contributed by atoms with E-state index >= 15 is 0 Å². The molecule has 0 aliphatic heterocycles. The number of aryl methyl sites for hydroxylation is 1. The number of carbonyl (C=O) groups excluding carboxylic acids is 1. The summed E-state index contributed by atoms with van der Waals surface area (Å²) in [4.78, 5) is 13.0. The topological polar surface area (TPSA) is 52.9 Å². The lowest BCUT2D eigenvalue weighted by atomic mass is 9.97. The fourth-order valence-corrected chi connectivity index (χ4v) is 3.09. The first kappa shape index (κ1) is 10.2. The van der Waals surface area contributed by atoms with Gasteiger partial charge in [-0.25, -0.2) is 0 Å². The van der Waals surface area contributed by atoms with Gasteiger partial charge in [0.25, 0.3) is 0 Å². The molecule has 0 radical (unpaired) electrons. The van der Waals surface area contributed by atoms with Crippen molar-refractivity contribution in [3.63, 3.8) is 0 Å². The molecule has 1 N–H and O–H groups in total. The second-order valence-corrected chi connectivity index (χ2v) is 4.81. The summed E-state index contributed by atoms with van der Waals surface area (Å²) in [5, 5.41) is 11.8. The summed E-state index contributed by atoms with van der Waals surface area (Å²) in [6.07, 6.45) is 4.39. The zero-order chi connectivity index (χ0) is 10.8. The van der Waals surface area contributed by atoms with E-state index in [0.29, 0.717) is 4.88 Å². The van der Waals surface area contributed by atoms with E-state index in [1.54, 1.807) is 0 Å². The minimum absolute atomic E-state index is 0.0994. The third-order valence-corrected chi connectivity index (χ3v) is 3.77. The van der Waals surface area contributed by atoms with E-state index in [9.17, 15) is 4.79 Å². The quantitative estimate of drug-likeness (QED) is 0.790. The van der Waals surface area contributed by atoms with Crippen molar-refractivity contribution in [1.82, 2.24) is 0 Å². The highest BCUT2D eigenvalue weighted by atomic mass is 32.1. The molecule has 1 aliphatic rings. The minimum atomic E-state index is -0.0994. The Morgan fingerprint density at radius 1 is 1.47 bits per heavy atom. The van der Waals surface area contributed by atoms with Crippen molar-refractivity contribution >= 4 is 22.9 Å². The Balaban J connectivity index is 2.45. The van der Waals surface area contributed by atoms with Crippen LogP contribution in [-0.2, 0) is 17.6 Å². The van der Waals surface area contributed by atoms with Crippen molar-refractivity contribution in [2.24, 2.45) is 0 Å². The summed E-state index contributed by atoms with van der Waals surface area (Å²) in [6, 6.07) is 2.16. The van der Waals surface area contributed by atoms with E-state index < -0.39 is 0 Å². The van der Waals surface area contributed by atoms with Crippen LogP contribution in [0.5, 0.6) is 0 Å². The summed E-state index contributed by atoms with van der Waals surface area (Å²) in [5.41, 5.74) is 1.96. The Morgan fingerprint density at radius 2 is 2.20 bits per heavy atom. The molecule has 0 saturated heterocycles. The van der Waals surface area contributed by atoms with E-state index in [0.717, 1.165) is 24.9 Å². The van der Waals surface area contributed by atoms with Crippen LogP contribution in [0.15, 0.2) is 0 Å². The lowest BCUT2D eigenvalue weighted by molar-refractivity contribution is -0.114. The van der Waals surface area contributed by atoms with Crippen molar-refractivity contribution in [3.05, 3.63) is 15.3 Å². The van der Waals surface area contributed by atoms with E-state index in [1.807, 2.05) is 0 Å². The van der Waals surface area contributed by atoms with Crippen molar-refractivity contribution in [2.45, 2.75) is 32.6 Å². The first-order valence-corrected chi connectivity index (χ1v) is 5.86. The maximum absolute atomic E-state index is 11.0. The second-order valence-electron chi connectivity index (χ2n) is 3.71. The van der Waals surface area contributed by atoms with Crippen molar-refractivity contribution < 1.29 is 4.79 Å². The molecule has 1 aliphatic carbocycles. The number of amides is 1. The van der Waals surface area contributed by atoms with E-state index in [4.69, 9.17) is 5.26 Å². The van der Waals surface area contributed by atoms with Gasteiger partial charge in [-0.1, -0.05) is 0 Å². The number of nitrogens with zero attached hydrogens (tertiary/aromatic N) is 1. The van der Waals surface area contributed by atoms with Gasteiger partial charge in [-0.15, -0.1) is 11.3 Å². The zero-order valence-electron chi connectivity index (χ0n) is 8.59. The summed E-state index contributed by atoms with van der Waals surface area (Å²) >= 11 is 1.53. The molecule has 0 atom stereocenters. The van der Waals surface area contributed by atoms with Gasteiger partial charge in [0, 0.05) is 11.8 Å². The Hall–Kier alpha value is -1.34. The molecule has 2 rings (SSSR count). The molecular weight excluding hydrogens is 208 g/mol. The molecule has 0 aromatic carbocycles. The van der Waals surface area contributed by atoms with Crippen LogP contribution in [-0.4, -0.2) is 5.91 Å². The third-order valence-electron chi connectivity index (χ3n) is 2.57. The first-order chi connectivity index (χ1) is 7.22. The SMILES string of the molecule is CC(=O)Nc1c(C#N)sc2c1CCCC2. The Kier molecular flexibility index (Phi) is 2.74. The fraction of sp³-hybridized carbons (Fsp3) is 0.455. The molecule has 0 fully saturated rings. The lowest BCUT2D eigenvalue weighted by Crippen LogP contribution is -2.09. The van der Waals surface area contributed by atoms with E-state index in [1.165, 1.54) is 35.1 Å². The number of nitriles is 1. The van der Waals surface area contributed by atoms with Gasteiger partial charge in [-0.3, -0.25) is 4.79 Å². The molecule has 1 aromatic heterocycles. The average Bonchev–Trinajstić information content (AvgIpc) is 2.56. The summed E-state index contributed by atoms with van der Waals surface area (Å²) in [6.45, 7) is 1.48. The number of hydrogen-bond donors (Lipinski definition) is 1. The number of fused-ring (bicyclic) bond motifs is 1. The Labute approximate surface area is 92.7 Å². The monoisotopic (exact) mass is 220 g/mol. The molecule has 0 unspecified atom stereocenters. The van der Waals surface area contributed by atoms with Gasteiger partial charge in [0.2, 0.25) is 5.91 Å². The lowest BCUT2D eigenvalue weighted by Gasteiger charge is -2.12. The van der Waals surface area contributed by atoms with Crippen molar-refractivity contribution in [3.8, 4) is 6.07 Å². The maximum Gasteiger partial charge on any atom is 0.221 e. The number of thiophene rings is 1. The maximum atomic E-state index is 11.0. The first-order valence-electron chi connectivity index (χ1n) is 5.04. The van der Waals surface area contributed by atoms with Crippen LogP contribution in [0.2, 0.25) is 0 Å². The van der Waals surface area contributed by atoms with Gasteiger partial charge in [-0.05, 0) is 31.2 Å². The normalized spacial score (nSPS) is 14.1. The fourth-order valence-electron chi connectivity index (χ4n) is 1.95. The van der Waals surface area contributed by atoms with Gasteiger partial charge in [0.15, 0.2) is 0 Å². The number of nitrogens with one attached hydrogen (secondary N) is 1. The second kappa shape index (κ2) is 4.03. The highest BCUT2D eigenvalue weighted by Gasteiger charge is 2.20. The number of anilines is 1. The predicted molar refractivity (Wildman–Crippen MR) is 60.0 cm³/mol. The van der Waals surface area contributed by atoms with Crippen LogP contribution < -0.4 is 5.32 Å².